The molecule has 0 aromatic heterocycles. The van der Waals surface area contributed by atoms with E-state index in [0.29, 0.717) is 16.9 Å². The Morgan fingerprint density at radius 1 is 1.31 bits per heavy atom. The van der Waals surface area contributed by atoms with Gasteiger partial charge in [-0.3, -0.25) is 0 Å². The fourth-order valence-electron chi connectivity index (χ4n) is 1.28. The molecule has 0 unspecified atom stereocenters. The fourth-order valence-corrected chi connectivity index (χ4v) is 1.37. The van der Waals surface area contributed by atoms with Crippen LogP contribution in [0.2, 0.25) is 0 Å². The zero-order chi connectivity index (χ0) is 10.4. The number of nitrogens with zero attached hydrogens (tertiary/aromatic N) is 1. The van der Waals surface area contributed by atoms with Gasteiger partial charge in [-0.05, 0) is 19.8 Å². The van der Waals surface area contributed by atoms with Gasteiger partial charge in [-0.2, -0.15) is 0 Å². The number of hydrogen-bond acceptors (Lipinski definition) is 2. The highest BCUT2D eigenvalue weighted by molar-refractivity contribution is 7.80. The van der Waals surface area contributed by atoms with Crippen LogP contribution in [0.4, 0.5) is 0 Å². The minimum atomic E-state index is 0.580. The topological polar surface area (TPSA) is 29.3 Å². The molecule has 0 bridgehead atoms. The van der Waals surface area contributed by atoms with Gasteiger partial charge in [-0.1, -0.05) is 26.1 Å². The highest BCUT2D eigenvalue weighted by atomic mass is 32.1. The molecule has 0 aliphatic carbocycles. The number of thiocarbonyl (C=S) groups is 1. The summed E-state index contributed by atoms with van der Waals surface area (Å²) in [6, 6.07) is 0.580. The molecule has 0 rings (SSSR count). The molecule has 0 amide bonds. The predicted octanol–water partition coefficient (Wildman–Crippen LogP) is 2.03. The average Bonchev–Trinajstić information content (AvgIpc) is 1.96. The lowest BCUT2D eigenvalue weighted by Gasteiger charge is -2.27. The zero-order valence-corrected chi connectivity index (χ0v) is 10.0. The Labute approximate surface area is 87.5 Å². The summed E-state index contributed by atoms with van der Waals surface area (Å²) in [6.45, 7) is 11.0. The van der Waals surface area contributed by atoms with Gasteiger partial charge in [0.05, 0.1) is 4.99 Å². The van der Waals surface area contributed by atoms with E-state index >= 15 is 0 Å². The van der Waals surface area contributed by atoms with Crippen molar-refractivity contribution in [2.75, 3.05) is 13.1 Å². The monoisotopic (exact) mass is 202 g/mol. The third-order valence-corrected chi connectivity index (χ3v) is 2.18. The van der Waals surface area contributed by atoms with Crippen molar-refractivity contribution in [1.29, 1.82) is 0 Å². The molecule has 0 spiro atoms. The van der Waals surface area contributed by atoms with E-state index in [-0.39, 0.29) is 0 Å². The van der Waals surface area contributed by atoms with Crippen molar-refractivity contribution in [3.05, 3.63) is 0 Å². The number of hydrogen-bond donors (Lipinski definition) is 1. The number of rotatable bonds is 6. The van der Waals surface area contributed by atoms with Crippen LogP contribution in [-0.4, -0.2) is 29.0 Å². The molecule has 0 aliphatic heterocycles. The van der Waals surface area contributed by atoms with Crippen molar-refractivity contribution in [1.82, 2.24) is 4.90 Å². The van der Waals surface area contributed by atoms with Crippen molar-refractivity contribution in [2.45, 2.75) is 40.2 Å². The molecule has 0 radical (unpaired) electrons. The predicted molar refractivity (Wildman–Crippen MR) is 62.9 cm³/mol. The first-order valence-electron chi connectivity index (χ1n) is 4.95. The van der Waals surface area contributed by atoms with E-state index in [1.54, 1.807) is 0 Å². The van der Waals surface area contributed by atoms with Crippen LogP contribution in [0.25, 0.3) is 0 Å². The fraction of sp³-hybridized carbons (Fsp3) is 0.900. The van der Waals surface area contributed by atoms with Crippen molar-refractivity contribution in [2.24, 2.45) is 11.7 Å². The molecular formula is C10H22N2S. The molecule has 2 nitrogen and oxygen atoms in total. The molecule has 0 fully saturated rings. The molecule has 0 aliphatic rings. The second kappa shape index (κ2) is 6.33. The molecular weight excluding hydrogens is 180 g/mol. The molecule has 13 heavy (non-hydrogen) atoms. The summed E-state index contributed by atoms with van der Waals surface area (Å²) in [7, 11) is 0. The summed E-state index contributed by atoms with van der Waals surface area (Å²) >= 11 is 4.87. The largest absolute Gasteiger partial charge is 0.393 e. The maximum absolute atomic E-state index is 5.48. The summed E-state index contributed by atoms with van der Waals surface area (Å²) < 4.78 is 0. The molecule has 0 atom stereocenters. The Morgan fingerprint density at radius 2 is 1.85 bits per heavy atom. The minimum Gasteiger partial charge on any atom is -0.393 e. The van der Waals surface area contributed by atoms with Crippen LogP contribution in [0.3, 0.4) is 0 Å². The van der Waals surface area contributed by atoms with Gasteiger partial charge >= 0.3 is 0 Å². The second-order valence-electron chi connectivity index (χ2n) is 4.20. The summed E-state index contributed by atoms with van der Waals surface area (Å²) in [6.07, 6.45) is 0.834. The average molecular weight is 202 g/mol. The second-order valence-corrected chi connectivity index (χ2v) is 4.72. The van der Waals surface area contributed by atoms with Crippen molar-refractivity contribution >= 4 is 17.2 Å². The van der Waals surface area contributed by atoms with E-state index in [9.17, 15) is 0 Å². The van der Waals surface area contributed by atoms with Gasteiger partial charge in [-0.25, -0.2) is 0 Å². The molecule has 2 N–H and O–H groups in total. The van der Waals surface area contributed by atoms with Crippen molar-refractivity contribution < 1.29 is 0 Å². The molecule has 0 saturated heterocycles. The molecule has 3 heteroatoms. The summed E-state index contributed by atoms with van der Waals surface area (Å²) in [5, 5.41) is 0. The van der Waals surface area contributed by atoms with Crippen LogP contribution in [0.1, 0.15) is 34.1 Å². The van der Waals surface area contributed by atoms with E-state index in [2.05, 4.69) is 32.6 Å². The van der Waals surface area contributed by atoms with Crippen molar-refractivity contribution in [3.8, 4) is 0 Å². The van der Waals surface area contributed by atoms with Gasteiger partial charge in [0.2, 0.25) is 0 Å². The zero-order valence-electron chi connectivity index (χ0n) is 9.21. The lowest BCUT2D eigenvalue weighted by Crippen LogP contribution is -2.36. The van der Waals surface area contributed by atoms with Crippen LogP contribution in [-0.2, 0) is 0 Å². The highest BCUT2D eigenvalue weighted by Gasteiger charge is 2.10. The third kappa shape index (κ3) is 6.96. The smallest absolute Gasteiger partial charge is 0.0740 e. The van der Waals surface area contributed by atoms with Crippen LogP contribution in [0.5, 0.6) is 0 Å². The first kappa shape index (κ1) is 12.8. The Hall–Kier alpha value is -0.150. The van der Waals surface area contributed by atoms with E-state index in [1.807, 2.05) is 0 Å². The van der Waals surface area contributed by atoms with E-state index in [1.165, 1.54) is 0 Å². The van der Waals surface area contributed by atoms with Crippen LogP contribution >= 0.6 is 12.2 Å². The molecule has 0 saturated carbocycles. The third-order valence-electron chi connectivity index (χ3n) is 1.98. The minimum absolute atomic E-state index is 0.580. The molecule has 0 aromatic rings. The molecule has 78 valence electrons. The van der Waals surface area contributed by atoms with Gasteiger partial charge in [0.25, 0.3) is 0 Å². The Kier molecular flexibility index (Phi) is 6.25. The SMILES string of the molecule is CC(C)CN(CCC(N)=S)C(C)C. The summed E-state index contributed by atoms with van der Waals surface area (Å²) in [4.78, 5) is 3.04. The Bertz CT molecular complexity index is 155. The van der Waals surface area contributed by atoms with E-state index in [0.717, 1.165) is 19.5 Å². The first-order chi connectivity index (χ1) is 5.93. The van der Waals surface area contributed by atoms with Gasteiger partial charge in [-0.15, -0.1) is 0 Å². The van der Waals surface area contributed by atoms with Gasteiger partial charge < -0.3 is 10.6 Å². The normalized spacial score (nSPS) is 11.6. The standard InChI is InChI=1S/C10H22N2S/c1-8(2)7-12(9(3)4)6-5-10(11)13/h8-9H,5-7H2,1-4H3,(H2,11,13). The first-order valence-corrected chi connectivity index (χ1v) is 5.36. The van der Waals surface area contributed by atoms with Gasteiger partial charge in [0, 0.05) is 25.6 Å². The quantitative estimate of drug-likeness (QED) is 0.668. The summed E-state index contributed by atoms with van der Waals surface area (Å²) in [5.74, 6) is 0.703. The maximum Gasteiger partial charge on any atom is 0.0740 e. The van der Waals surface area contributed by atoms with Crippen molar-refractivity contribution in [3.63, 3.8) is 0 Å². The van der Waals surface area contributed by atoms with Crippen LogP contribution < -0.4 is 5.73 Å². The molecule has 0 heterocycles. The lowest BCUT2D eigenvalue weighted by atomic mass is 10.1. The highest BCUT2D eigenvalue weighted by Crippen LogP contribution is 2.04. The Morgan fingerprint density at radius 3 is 2.15 bits per heavy atom. The Balaban J connectivity index is 3.87. The van der Waals surface area contributed by atoms with Gasteiger partial charge in [0.1, 0.15) is 0 Å². The summed E-state index contributed by atoms with van der Waals surface area (Å²) in [5.41, 5.74) is 5.48. The maximum atomic E-state index is 5.48. The van der Waals surface area contributed by atoms with E-state index in [4.69, 9.17) is 18.0 Å². The van der Waals surface area contributed by atoms with Crippen LogP contribution in [0, 0.1) is 5.92 Å². The van der Waals surface area contributed by atoms with E-state index < -0.39 is 0 Å². The van der Waals surface area contributed by atoms with Gasteiger partial charge in [0.15, 0.2) is 0 Å². The number of nitrogens with two attached hydrogens (primary N) is 1. The lowest BCUT2D eigenvalue weighted by molar-refractivity contribution is 0.203. The molecule has 0 aromatic carbocycles. The van der Waals surface area contributed by atoms with Crippen LogP contribution in [0.15, 0.2) is 0 Å².